The van der Waals surface area contributed by atoms with Gasteiger partial charge in [0.25, 0.3) is 0 Å². The second kappa shape index (κ2) is 13.6. The summed E-state index contributed by atoms with van der Waals surface area (Å²) in [5, 5.41) is 9.93. The molecule has 0 saturated heterocycles. The molecule has 260 valence electrons. The molecule has 0 aliphatic rings. The van der Waals surface area contributed by atoms with E-state index < -0.39 is 0 Å². The SMILES string of the molecule is NC(=N/C(=C\Cn1c2ccccc2c2ccccc21)c1ccc(-c2c3ccccc3c(-c3ccccc3)c3ccc4ccccc4c23)cc1)c1ccccc1. The zero-order chi connectivity index (χ0) is 36.7. The van der Waals surface area contributed by atoms with Crippen molar-refractivity contribution in [2.75, 3.05) is 0 Å². The van der Waals surface area contributed by atoms with E-state index in [0.717, 1.165) is 22.4 Å². The van der Waals surface area contributed by atoms with Gasteiger partial charge >= 0.3 is 0 Å². The van der Waals surface area contributed by atoms with Crippen LogP contribution in [0.3, 0.4) is 0 Å². The molecule has 0 saturated carbocycles. The van der Waals surface area contributed by atoms with Gasteiger partial charge < -0.3 is 10.3 Å². The summed E-state index contributed by atoms with van der Waals surface area (Å²) in [6.45, 7) is 0.638. The molecule has 0 fully saturated rings. The van der Waals surface area contributed by atoms with Crippen LogP contribution in [0.25, 0.3) is 82.1 Å². The molecule has 2 N–H and O–H groups in total. The summed E-state index contributed by atoms with van der Waals surface area (Å²) in [5.41, 5.74) is 16.7. The molecule has 0 unspecified atom stereocenters. The Labute approximate surface area is 319 Å². The van der Waals surface area contributed by atoms with E-state index in [1.165, 1.54) is 70.8 Å². The first-order valence-corrected chi connectivity index (χ1v) is 18.8. The lowest BCUT2D eigenvalue weighted by atomic mass is 9.84. The van der Waals surface area contributed by atoms with Crippen LogP contribution < -0.4 is 5.73 Å². The van der Waals surface area contributed by atoms with Gasteiger partial charge in [0.1, 0.15) is 5.84 Å². The van der Waals surface area contributed by atoms with Gasteiger partial charge in [-0.15, -0.1) is 0 Å². The normalized spacial score (nSPS) is 12.4. The Morgan fingerprint density at radius 3 is 1.64 bits per heavy atom. The van der Waals surface area contributed by atoms with E-state index in [1.807, 2.05) is 30.3 Å². The Balaban J connectivity index is 1.16. The zero-order valence-corrected chi connectivity index (χ0v) is 30.2. The summed E-state index contributed by atoms with van der Waals surface area (Å²) in [7, 11) is 0. The van der Waals surface area contributed by atoms with Crippen molar-refractivity contribution in [2.24, 2.45) is 10.7 Å². The number of hydrogen-bond acceptors (Lipinski definition) is 1. The summed E-state index contributed by atoms with van der Waals surface area (Å²) in [5.74, 6) is 0.484. The Kier molecular flexibility index (Phi) is 8.04. The lowest BCUT2D eigenvalue weighted by Gasteiger charge is -2.19. The fraction of sp³-hybridized carbons (Fsp3) is 0.0192. The van der Waals surface area contributed by atoms with Gasteiger partial charge in [0.05, 0.1) is 5.70 Å². The summed E-state index contributed by atoms with van der Waals surface area (Å²) >= 11 is 0. The third kappa shape index (κ3) is 5.65. The first-order chi connectivity index (χ1) is 27.2. The number of benzene rings is 9. The van der Waals surface area contributed by atoms with Crippen LogP contribution in [-0.4, -0.2) is 10.4 Å². The minimum atomic E-state index is 0.484. The van der Waals surface area contributed by atoms with Crippen LogP contribution in [0.2, 0.25) is 0 Å². The highest BCUT2D eigenvalue weighted by molar-refractivity contribution is 6.28. The van der Waals surface area contributed by atoms with Crippen molar-refractivity contribution in [3.05, 3.63) is 211 Å². The van der Waals surface area contributed by atoms with Crippen molar-refractivity contribution in [1.82, 2.24) is 4.57 Å². The number of rotatable bonds is 7. The van der Waals surface area contributed by atoms with Crippen LogP contribution in [-0.2, 0) is 6.54 Å². The second-order valence-electron chi connectivity index (χ2n) is 14.0. The quantitative estimate of drug-likeness (QED) is 0.0763. The number of hydrogen-bond donors (Lipinski definition) is 1. The number of aliphatic imine (C=N–C) groups is 1. The maximum Gasteiger partial charge on any atom is 0.131 e. The molecule has 1 heterocycles. The molecule has 0 aliphatic heterocycles. The number of fused-ring (bicyclic) bond motifs is 7. The monoisotopic (exact) mass is 703 g/mol. The number of amidine groups is 1. The first-order valence-electron chi connectivity index (χ1n) is 18.8. The third-order valence-electron chi connectivity index (χ3n) is 10.9. The van der Waals surface area contributed by atoms with Gasteiger partial charge in [-0.3, -0.25) is 0 Å². The number of para-hydroxylation sites is 2. The molecular formula is C52H37N3. The lowest BCUT2D eigenvalue weighted by molar-refractivity contribution is 0.899. The van der Waals surface area contributed by atoms with Gasteiger partial charge in [-0.25, -0.2) is 4.99 Å². The maximum atomic E-state index is 6.73. The van der Waals surface area contributed by atoms with Crippen molar-refractivity contribution < 1.29 is 0 Å². The fourth-order valence-corrected chi connectivity index (χ4v) is 8.38. The first kappa shape index (κ1) is 32.4. The fourth-order valence-electron chi connectivity index (χ4n) is 8.38. The highest BCUT2D eigenvalue weighted by Crippen LogP contribution is 2.46. The van der Waals surface area contributed by atoms with Crippen molar-refractivity contribution >= 4 is 65.7 Å². The van der Waals surface area contributed by atoms with Gasteiger partial charge in [-0.1, -0.05) is 182 Å². The van der Waals surface area contributed by atoms with Crippen molar-refractivity contribution in [3.63, 3.8) is 0 Å². The van der Waals surface area contributed by atoms with E-state index in [9.17, 15) is 0 Å². The highest BCUT2D eigenvalue weighted by Gasteiger charge is 2.19. The molecule has 55 heavy (non-hydrogen) atoms. The minimum Gasteiger partial charge on any atom is -0.383 e. The van der Waals surface area contributed by atoms with Gasteiger partial charge in [0.2, 0.25) is 0 Å². The van der Waals surface area contributed by atoms with E-state index in [1.54, 1.807) is 0 Å². The van der Waals surface area contributed by atoms with Gasteiger partial charge in [-0.2, -0.15) is 0 Å². The van der Waals surface area contributed by atoms with Crippen LogP contribution in [0.1, 0.15) is 11.1 Å². The second-order valence-corrected chi connectivity index (χ2v) is 14.0. The predicted molar refractivity (Wildman–Crippen MR) is 234 cm³/mol. The lowest BCUT2D eigenvalue weighted by Crippen LogP contribution is -2.13. The van der Waals surface area contributed by atoms with Gasteiger partial charge in [0, 0.05) is 33.9 Å². The number of nitrogens with zero attached hydrogens (tertiary/aromatic N) is 2. The van der Waals surface area contributed by atoms with Crippen LogP contribution in [0, 0.1) is 0 Å². The minimum absolute atomic E-state index is 0.484. The molecule has 10 rings (SSSR count). The summed E-state index contributed by atoms with van der Waals surface area (Å²) in [6, 6.07) is 69.1. The Bertz CT molecular complexity index is 3040. The van der Waals surface area contributed by atoms with Crippen LogP contribution >= 0.6 is 0 Å². The van der Waals surface area contributed by atoms with Crippen molar-refractivity contribution in [3.8, 4) is 22.3 Å². The standard InChI is InChI=1S/C52H37N3/c53-52(39-18-5-2-6-19-39)54-46(33-34-55-47-25-13-11-21-41(47)42-22-12-14-26-48(42)55)36-27-29-38(30-28-36)50-44-24-10-9-23-43(44)49(37-16-3-1-4-17-37)45-32-31-35-15-7-8-20-40(35)51(45)50/h1-33H,34H2,(H2,53,54)/b46-33-. The Morgan fingerprint density at radius 1 is 0.436 bits per heavy atom. The number of aromatic nitrogens is 1. The molecule has 10 aromatic rings. The van der Waals surface area contributed by atoms with E-state index in [2.05, 4.69) is 174 Å². The smallest absolute Gasteiger partial charge is 0.131 e. The van der Waals surface area contributed by atoms with Crippen LogP contribution in [0.5, 0.6) is 0 Å². The summed E-state index contributed by atoms with van der Waals surface area (Å²) < 4.78 is 2.37. The molecule has 0 bridgehead atoms. The Hall–Kier alpha value is -7.23. The average molecular weight is 704 g/mol. The highest BCUT2D eigenvalue weighted by atomic mass is 15.0. The van der Waals surface area contributed by atoms with Gasteiger partial charge in [-0.05, 0) is 78.3 Å². The largest absolute Gasteiger partial charge is 0.383 e. The molecule has 3 heteroatoms. The Morgan fingerprint density at radius 2 is 0.964 bits per heavy atom. The van der Waals surface area contributed by atoms with E-state index in [-0.39, 0.29) is 0 Å². The summed E-state index contributed by atoms with van der Waals surface area (Å²) in [4.78, 5) is 5.11. The molecule has 3 nitrogen and oxygen atoms in total. The van der Waals surface area contributed by atoms with E-state index in [0.29, 0.717) is 12.4 Å². The number of nitrogens with two attached hydrogens (primary N) is 1. The molecule has 0 spiro atoms. The van der Waals surface area contributed by atoms with Crippen molar-refractivity contribution in [1.29, 1.82) is 0 Å². The number of allylic oxidation sites excluding steroid dienone is 1. The molecule has 0 atom stereocenters. The molecule has 9 aromatic carbocycles. The van der Waals surface area contributed by atoms with Gasteiger partial charge in [0.15, 0.2) is 0 Å². The molecule has 0 radical (unpaired) electrons. The topological polar surface area (TPSA) is 43.3 Å². The molecular weight excluding hydrogens is 667 g/mol. The average Bonchev–Trinajstić information content (AvgIpc) is 3.58. The third-order valence-corrected chi connectivity index (χ3v) is 10.9. The maximum absolute atomic E-state index is 6.73. The van der Waals surface area contributed by atoms with E-state index >= 15 is 0 Å². The van der Waals surface area contributed by atoms with Crippen LogP contribution in [0.4, 0.5) is 0 Å². The summed E-state index contributed by atoms with van der Waals surface area (Å²) in [6.07, 6.45) is 2.21. The molecule has 0 amide bonds. The molecule has 0 aliphatic carbocycles. The van der Waals surface area contributed by atoms with Crippen molar-refractivity contribution in [2.45, 2.75) is 6.54 Å². The predicted octanol–water partition coefficient (Wildman–Crippen LogP) is 13.0. The zero-order valence-electron chi connectivity index (χ0n) is 30.2. The molecule has 1 aromatic heterocycles. The van der Waals surface area contributed by atoms with E-state index in [4.69, 9.17) is 10.7 Å². The van der Waals surface area contributed by atoms with Crippen LogP contribution in [0.15, 0.2) is 205 Å².